The predicted octanol–water partition coefficient (Wildman–Crippen LogP) is 0.168. The van der Waals surface area contributed by atoms with Crippen molar-refractivity contribution in [2.45, 2.75) is 18.5 Å². The summed E-state index contributed by atoms with van der Waals surface area (Å²) in [7, 11) is 0. The average molecular weight is 166 g/mol. The van der Waals surface area contributed by atoms with Gasteiger partial charge in [0.1, 0.15) is 11.8 Å². The van der Waals surface area contributed by atoms with E-state index >= 15 is 0 Å². The number of hydrogen-bond donors (Lipinski definition) is 2. The van der Waals surface area contributed by atoms with Gasteiger partial charge in [-0.15, -0.1) is 0 Å². The zero-order valence-corrected chi connectivity index (χ0v) is 6.49. The summed E-state index contributed by atoms with van der Waals surface area (Å²) in [6, 6.07) is 3.29. The van der Waals surface area contributed by atoms with Crippen molar-refractivity contribution < 1.29 is 9.21 Å². The fraction of sp³-hybridized carbons (Fsp3) is 0.375. The van der Waals surface area contributed by atoms with Gasteiger partial charge in [0.2, 0.25) is 5.91 Å². The minimum absolute atomic E-state index is 0.0103. The van der Waals surface area contributed by atoms with E-state index in [0.717, 1.165) is 5.76 Å². The zero-order chi connectivity index (χ0) is 8.55. The second kappa shape index (κ2) is 2.64. The molecule has 1 aliphatic heterocycles. The molecule has 1 amide bonds. The van der Waals surface area contributed by atoms with Crippen LogP contribution in [0.15, 0.2) is 22.8 Å². The molecule has 4 nitrogen and oxygen atoms in total. The van der Waals surface area contributed by atoms with Crippen LogP contribution in [0.2, 0.25) is 0 Å². The summed E-state index contributed by atoms with van der Waals surface area (Å²) in [4.78, 5) is 10.9. The van der Waals surface area contributed by atoms with Crippen LogP contribution in [0.3, 0.4) is 0 Å². The fourth-order valence-corrected chi connectivity index (χ4v) is 1.42. The van der Waals surface area contributed by atoms with Crippen molar-refractivity contribution >= 4 is 5.91 Å². The first-order valence-electron chi connectivity index (χ1n) is 3.86. The molecule has 0 aromatic carbocycles. The van der Waals surface area contributed by atoms with Gasteiger partial charge in [-0.25, -0.2) is 0 Å². The molecule has 4 heteroatoms. The molecule has 1 saturated heterocycles. The molecule has 3 N–H and O–H groups in total. The normalized spacial score (nSPS) is 28.9. The maximum absolute atomic E-state index is 10.9. The molecule has 1 aromatic rings. The third kappa shape index (κ3) is 1.10. The van der Waals surface area contributed by atoms with Crippen molar-refractivity contribution in [3.8, 4) is 0 Å². The Balaban J connectivity index is 2.20. The first-order chi connectivity index (χ1) is 5.77. The highest BCUT2D eigenvalue weighted by Crippen LogP contribution is 2.22. The van der Waals surface area contributed by atoms with E-state index in [9.17, 15) is 4.79 Å². The van der Waals surface area contributed by atoms with Gasteiger partial charge in [0.25, 0.3) is 0 Å². The predicted molar refractivity (Wildman–Crippen MR) is 42.2 cm³/mol. The van der Waals surface area contributed by atoms with Crippen molar-refractivity contribution in [3.05, 3.63) is 24.2 Å². The molecule has 12 heavy (non-hydrogen) atoms. The Kier molecular flexibility index (Phi) is 1.62. The Bertz CT molecular complexity index is 281. The van der Waals surface area contributed by atoms with Gasteiger partial charge in [-0.05, 0) is 12.1 Å². The van der Waals surface area contributed by atoms with Crippen molar-refractivity contribution in [2.75, 3.05) is 0 Å². The van der Waals surface area contributed by atoms with E-state index in [2.05, 4.69) is 5.32 Å². The molecule has 0 aliphatic carbocycles. The maximum atomic E-state index is 10.9. The van der Waals surface area contributed by atoms with Crippen molar-refractivity contribution in [1.29, 1.82) is 0 Å². The summed E-state index contributed by atoms with van der Waals surface area (Å²) >= 11 is 0. The monoisotopic (exact) mass is 166 g/mol. The number of amides is 1. The third-order valence-corrected chi connectivity index (χ3v) is 2.02. The average Bonchev–Trinajstić information content (AvgIpc) is 2.58. The number of nitrogens with two attached hydrogens (primary N) is 1. The van der Waals surface area contributed by atoms with E-state index in [1.165, 1.54) is 0 Å². The lowest BCUT2D eigenvalue weighted by atomic mass is 10.1. The Morgan fingerprint density at radius 1 is 1.67 bits per heavy atom. The van der Waals surface area contributed by atoms with Gasteiger partial charge in [-0.2, -0.15) is 0 Å². The maximum Gasteiger partial charge on any atom is 0.222 e. The summed E-state index contributed by atoms with van der Waals surface area (Å²) in [5, 5.41) is 2.75. The Morgan fingerprint density at radius 2 is 2.50 bits per heavy atom. The van der Waals surface area contributed by atoms with Crippen LogP contribution in [0.1, 0.15) is 18.2 Å². The molecule has 1 fully saturated rings. The molecular formula is C8H10N2O2. The summed E-state index contributed by atoms with van der Waals surface area (Å²) in [6.07, 6.45) is 1.96. The standard InChI is InChI=1S/C8H10N2O2/c9-5-4-7(11)10-8(5)6-2-1-3-12-6/h1-3,5,8H,4,9H2,(H,10,11). The van der Waals surface area contributed by atoms with E-state index in [1.54, 1.807) is 12.3 Å². The summed E-state index contributed by atoms with van der Waals surface area (Å²) in [5.74, 6) is 0.720. The van der Waals surface area contributed by atoms with Crippen LogP contribution in [0.25, 0.3) is 0 Å². The van der Waals surface area contributed by atoms with Crippen molar-refractivity contribution in [3.63, 3.8) is 0 Å². The second-order valence-corrected chi connectivity index (χ2v) is 2.93. The van der Waals surface area contributed by atoms with Gasteiger partial charge < -0.3 is 15.5 Å². The quantitative estimate of drug-likeness (QED) is 0.624. The van der Waals surface area contributed by atoms with Crippen LogP contribution in [-0.2, 0) is 4.79 Å². The number of nitrogens with one attached hydrogen (secondary N) is 1. The molecule has 2 rings (SSSR count). The Labute approximate surface area is 69.7 Å². The number of furan rings is 1. The molecule has 64 valence electrons. The lowest BCUT2D eigenvalue weighted by molar-refractivity contribution is -0.119. The van der Waals surface area contributed by atoms with Gasteiger partial charge >= 0.3 is 0 Å². The molecule has 1 aromatic heterocycles. The van der Waals surface area contributed by atoms with Gasteiger partial charge in [0.05, 0.1) is 6.26 Å². The van der Waals surface area contributed by atoms with Crippen LogP contribution in [0, 0.1) is 0 Å². The highest BCUT2D eigenvalue weighted by Gasteiger charge is 2.32. The minimum Gasteiger partial charge on any atom is -0.467 e. The van der Waals surface area contributed by atoms with Crippen molar-refractivity contribution in [1.82, 2.24) is 5.32 Å². The molecule has 0 saturated carbocycles. The van der Waals surface area contributed by atoms with E-state index in [4.69, 9.17) is 10.2 Å². The molecule has 1 aliphatic rings. The lowest BCUT2D eigenvalue weighted by Gasteiger charge is -2.10. The molecule has 2 heterocycles. The van der Waals surface area contributed by atoms with E-state index < -0.39 is 0 Å². The highest BCUT2D eigenvalue weighted by atomic mass is 16.3. The zero-order valence-electron chi connectivity index (χ0n) is 6.49. The highest BCUT2D eigenvalue weighted by molar-refractivity contribution is 5.79. The molecular weight excluding hydrogens is 156 g/mol. The largest absolute Gasteiger partial charge is 0.467 e. The summed E-state index contributed by atoms with van der Waals surface area (Å²) in [6.45, 7) is 0. The number of carbonyl (C=O) groups is 1. The first-order valence-corrected chi connectivity index (χ1v) is 3.86. The number of hydrogen-bond acceptors (Lipinski definition) is 3. The van der Waals surface area contributed by atoms with Gasteiger partial charge in [0.15, 0.2) is 0 Å². The molecule has 2 atom stereocenters. The van der Waals surface area contributed by atoms with Crippen LogP contribution < -0.4 is 11.1 Å². The third-order valence-electron chi connectivity index (χ3n) is 2.02. The minimum atomic E-state index is -0.163. The Hall–Kier alpha value is -1.29. The molecule has 0 radical (unpaired) electrons. The lowest BCUT2D eigenvalue weighted by Crippen LogP contribution is -2.28. The summed E-state index contributed by atoms with van der Waals surface area (Å²) < 4.78 is 5.14. The molecule has 0 spiro atoms. The topological polar surface area (TPSA) is 68.3 Å². The first kappa shape index (κ1) is 7.36. The van der Waals surface area contributed by atoms with Crippen LogP contribution in [0.4, 0.5) is 0 Å². The van der Waals surface area contributed by atoms with Gasteiger partial charge in [-0.3, -0.25) is 4.79 Å². The second-order valence-electron chi connectivity index (χ2n) is 2.93. The van der Waals surface area contributed by atoms with Gasteiger partial charge in [0, 0.05) is 12.5 Å². The Morgan fingerprint density at radius 3 is 3.00 bits per heavy atom. The molecule has 0 bridgehead atoms. The molecule has 2 unspecified atom stereocenters. The summed E-state index contributed by atoms with van der Waals surface area (Å²) in [5.41, 5.74) is 5.72. The smallest absolute Gasteiger partial charge is 0.222 e. The van der Waals surface area contributed by atoms with E-state index in [-0.39, 0.29) is 18.0 Å². The van der Waals surface area contributed by atoms with E-state index in [0.29, 0.717) is 6.42 Å². The van der Waals surface area contributed by atoms with Crippen LogP contribution in [-0.4, -0.2) is 11.9 Å². The van der Waals surface area contributed by atoms with E-state index in [1.807, 2.05) is 6.07 Å². The fourth-order valence-electron chi connectivity index (χ4n) is 1.42. The van der Waals surface area contributed by atoms with Crippen LogP contribution >= 0.6 is 0 Å². The van der Waals surface area contributed by atoms with Crippen molar-refractivity contribution in [2.24, 2.45) is 5.73 Å². The number of carbonyl (C=O) groups excluding carboxylic acids is 1. The number of rotatable bonds is 1. The van der Waals surface area contributed by atoms with Gasteiger partial charge in [-0.1, -0.05) is 0 Å². The SMILES string of the molecule is NC1CC(=O)NC1c1ccco1. The van der Waals surface area contributed by atoms with Crippen LogP contribution in [0.5, 0.6) is 0 Å².